The minimum atomic E-state index is -3.61. The van der Waals surface area contributed by atoms with Crippen molar-refractivity contribution >= 4 is 37.3 Å². The Morgan fingerprint density at radius 1 is 1.14 bits per heavy atom. The smallest absolute Gasteiger partial charge is 0.261 e. The van der Waals surface area contributed by atoms with E-state index >= 15 is 0 Å². The SMILES string of the molecule is CCCc1ccc(NS(=O)(=O)c2ccc(N)c(Br)c2)cc1. The number of sulfonamides is 1. The summed E-state index contributed by atoms with van der Waals surface area (Å²) < 4.78 is 27.7. The van der Waals surface area contributed by atoms with E-state index in [1.54, 1.807) is 18.2 Å². The second kappa shape index (κ2) is 6.49. The Kier molecular flexibility index (Phi) is 4.90. The van der Waals surface area contributed by atoms with Crippen LogP contribution in [0, 0.1) is 0 Å². The summed E-state index contributed by atoms with van der Waals surface area (Å²) in [7, 11) is -3.61. The van der Waals surface area contributed by atoms with E-state index in [9.17, 15) is 8.42 Å². The summed E-state index contributed by atoms with van der Waals surface area (Å²) in [5.41, 5.74) is 7.90. The molecule has 21 heavy (non-hydrogen) atoms. The second-order valence-electron chi connectivity index (χ2n) is 4.74. The van der Waals surface area contributed by atoms with Crippen LogP contribution in [0.25, 0.3) is 0 Å². The lowest BCUT2D eigenvalue weighted by Gasteiger charge is -2.10. The molecule has 0 saturated heterocycles. The molecule has 6 heteroatoms. The molecular weight excluding hydrogens is 352 g/mol. The number of hydrogen-bond donors (Lipinski definition) is 2. The van der Waals surface area contributed by atoms with Gasteiger partial charge in [-0.2, -0.15) is 0 Å². The van der Waals surface area contributed by atoms with E-state index in [0.717, 1.165) is 12.8 Å². The number of nitrogens with two attached hydrogens (primary N) is 1. The van der Waals surface area contributed by atoms with Crippen LogP contribution in [-0.2, 0) is 16.4 Å². The van der Waals surface area contributed by atoms with E-state index in [4.69, 9.17) is 5.73 Å². The molecule has 0 heterocycles. The van der Waals surface area contributed by atoms with Crippen LogP contribution >= 0.6 is 15.9 Å². The Bertz CT molecular complexity index is 728. The van der Waals surface area contributed by atoms with Crippen LogP contribution in [-0.4, -0.2) is 8.42 Å². The maximum Gasteiger partial charge on any atom is 0.261 e. The molecule has 2 aromatic carbocycles. The molecule has 0 bridgehead atoms. The van der Waals surface area contributed by atoms with Gasteiger partial charge >= 0.3 is 0 Å². The van der Waals surface area contributed by atoms with E-state index in [-0.39, 0.29) is 4.90 Å². The van der Waals surface area contributed by atoms with Crippen molar-refractivity contribution in [1.82, 2.24) is 0 Å². The number of benzene rings is 2. The van der Waals surface area contributed by atoms with Crippen LogP contribution in [0.1, 0.15) is 18.9 Å². The molecule has 3 N–H and O–H groups in total. The normalized spacial score (nSPS) is 11.3. The molecule has 0 aromatic heterocycles. The number of aryl methyl sites for hydroxylation is 1. The highest BCUT2D eigenvalue weighted by atomic mass is 79.9. The van der Waals surface area contributed by atoms with Crippen LogP contribution in [0.5, 0.6) is 0 Å². The standard InChI is InChI=1S/C15H17BrN2O2S/c1-2-3-11-4-6-12(7-5-11)18-21(19,20)13-8-9-15(17)14(16)10-13/h4-10,18H,2-3,17H2,1H3. The van der Waals surface area contributed by atoms with Crippen molar-refractivity contribution in [3.8, 4) is 0 Å². The molecule has 0 unspecified atom stereocenters. The van der Waals surface area contributed by atoms with Gasteiger partial charge in [-0.1, -0.05) is 25.5 Å². The molecule has 0 aliphatic heterocycles. The van der Waals surface area contributed by atoms with E-state index in [0.29, 0.717) is 15.8 Å². The van der Waals surface area contributed by atoms with Crippen molar-refractivity contribution in [2.45, 2.75) is 24.7 Å². The Labute approximate surface area is 133 Å². The minimum Gasteiger partial charge on any atom is -0.398 e. The van der Waals surface area contributed by atoms with Gasteiger partial charge < -0.3 is 5.73 Å². The molecule has 0 atom stereocenters. The van der Waals surface area contributed by atoms with Crippen molar-refractivity contribution in [3.63, 3.8) is 0 Å². The highest BCUT2D eigenvalue weighted by Crippen LogP contribution is 2.24. The van der Waals surface area contributed by atoms with Gasteiger partial charge in [-0.05, 0) is 58.2 Å². The van der Waals surface area contributed by atoms with E-state index in [2.05, 4.69) is 27.6 Å². The van der Waals surface area contributed by atoms with Crippen molar-refractivity contribution in [2.75, 3.05) is 10.5 Å². The maximum absolute atomic E-state index is 12.3. The van der Waals surface area contributed by atoms with Crippen LogP contribution in [0.2, 0.25) is 0 Å². The highest BCUT2D eigenvalue weighted by Gasteiger charge is 2.15. The van der Waals surface area contributed by atoms with Crippen LogP contribution < -0.4 is 10.5 Å². The Hall–Kier alpha value is -1.53. The molecule has 112 valence electrons. The summed E-state index contributed by atoms with van der Waals surface area (Å²) in [5, 5.41) is 0. The van der Waals surface area contributed by atoms with Gasteiger partial charge in [-0.25, -0.2) is 8.42 Å². The summed E-state index contributed by atoms with van der Waals surface area (Å²) in [6.45, 7) is 2.11. The topological polar surface area (TPSA) is 72.2 Å². The van der Waals surface area contributed by atoms with E-state index in [1.807, 2.05) is 12.1 Å². The average Bonchev–Trinajstić information content (AvgIpc) is 2.44. The summed E-state index contributed by atoms with van der Waals surface area (Å²) in [5.74, 6) is 0. The monoisotopic (exact) mass is 368 g/mol. The molecule has 0 spiro atoms. The molecule has 0 fully saturated rings. The zero-order valence-electron chi connectivity index (χ0n) is 11.6. The molecular formula is C15H17BrN2O2S. The fraction of sp³-hybridized carbons (Fsp3) is 0.200. The first-order valence-corrected chi connectivity index (χ1v) is 8.87. The number of hydrogen-bond acceptors (Lipinski definition) is 3. The third kappa shape index (κ3) is 3.98. The summed E-state index contributed by atoms with van der Waals surface area (Å²) in [4.78, 5) is 0.168. The fourth-order valence-corrected chi connectivity index (χ4v) is 3.53. The summed E-state index contributed by atoms with van der Waals surface area (Å²) in [6.07, 6.45) is 2.04. The molecule has 2 aromatic rings. The average molecular weight is 369 g/mol. The Morgan fingerprint density at radius 3 is 2.38 bits per heavy atom. The first-order valence-electron chi connectivity index (χ1n) is 6.59. The van der Waals surface area contributed by atoms with Gasteiger partial charge in [0, 0.05) is 15.8 Å². The zero-order chi connectivity index (χ0) is 15.5. The number of halogens is 1. The Morgan fingerprint density at radius 2 is 1.81 bits per heavy atom. The number of nitrogens with one attached hydrogen (secondary N) is 1. The number of nitrogen functional groups attached to an aromatic ring is 1. The van der Waals surface area contributed by atoms with Crippen LogP contribution in [0.15, 0.2) is 51.8 Å². The van der Waals surface area contributed by atoms with Gasteiger partial charge in [0.2, 0.25) is 0 Å². The third-order valence-electron chi connectivity index (χ3n) is 3.03. The summed E-state index contributed by atoms with van der Waals surface area (Å²) in [6, 6.07) is 11.9. The largest absolute Gasteiger partial charge is 0.398 e. The van der Waals surface area contributed by atoms with Gasteiger partial charge in [-0.3, -0.25) is 4.72 Å². The Balaban J connectivity index is 2.22. The third-order valence-corrected chi connectivity index (χ3v) is 5.09. The van der Waals surface area contributed by atoms with Gasteiger partial charge in [0.25, 0.3) is 10.0 Å². The number of anilines is 2. The molecule has 0 aliphatic carbocycles. The van der Waals surface area contributed by atoms with E-state index in [1.165, 1.54) is 17.7 Å². The van der Waals surface area contributed by atoms with Crippen molar-refractivity contribution < 1.29 is 8.42 Å². The second-order valence-corrected chi connectivity index (χ2v) is 7.27. The lowest BCUT2D eigenvalue weighted by Crippen LogP contribution is -2.13. The van der Waals surface area contributed by atoms with Crippen molar-refractivity contribution in [3.05, 3.63) is 52.5 Å². The summed E-state index contributed by atoms with van der Waals surface area (Å²) >= 11 is 3.23. The van der Waals surface area contributed by atoms with Crippen molar-refractivity contribution in [1.29, 1.82) is 0 Å². The molecule has 0 aliphatic rings. The molecule has 0 radical (unpaired) electrons. The zero-order valence-corrected chi connectivity index (χ0v) is 14.0. The minimum absolute atomic E-state index is 0.168. The molecule has 0 saturated carbocycles. The predicted octanol–water partition coefficient (Wildman–Crippen LogP) is 3.78. The van der Waals surface area contributed by atoms with Gasteiger partial charge in [0.05, 0.1) is 4.90 Å². The first-order chi connectivity index (χ1) is 9.92. The molecule has 0 amide bonds. The predicted molar refractivity (Wildman–Crippen MR) is 89.8 cm³/mol. The fourth-order valence-electron chi connectivity index (χ4n) is 1.92. The quantitative estimate of drug-likeness (QED) is 0.788. The molecule has 2 rings (SSSR count). The molecule has 4 nitrogen and oxygen atoms in total. The van der Waals surface area contributed by atoms with Crippen molar-refractivity contribution in [2.24, 2.45) is 0 Å². The maximum atomic E-state index is 12.3. The lowest BCUT2D eigenvalue weighted by molar-refractivity contribution is 0.601. The van der Waals surface area contributed by atoms with Gasteiger partial charge in [-0.15, -0.1) is 0 Å². The van der Waals surface area contributed by atoms with Crippen LogP contribution in [0.4, 0.5) is 11.4 Å². The lowest BCUT2D eigenvalue weighted by atomic mass is 10.1. The van der Waals surface area contributed by atoms with E-state index < -0.39 is 10.0 Å². The highest BCUT2D eigenvalue weighted by molar-refractivity contribution is 9.10. The van der Waals surface area contributed by atoms with Gasteiger partial charge in [0.1, 0.15) is 0 Å². The number of rotatable bonds is 5. The first kappa shape index (κ1) is 15.9. The van der Waals surface area contributed by atoms with Crippen LogP contribution in [0.3, 0.4) is 0 Å². The van der Waals surface area contributed by atoms with Gasteiger partial charge in [0.15, 0.2) is 0 Å².